The summed E-state index contributed by atoms with van der Waals surface area (Å²) in [6, 6.07) is 17.2. The lowest BCUT2D eigenvalue weighted by Gasteiger charge is -2.41. The van der Waals surface area contributed by atoms with Crippen LogP contribution >= 0.6 is 0 Å². The molecule has 4 amide bonds. The summed E-state index contributed by atoms with van der Waals surface area (Å²) in [5, 5.41) is 9.01. The van der Waals surface area contributed by atoms with Gasteiger partial charge in [-0.05, 0) is 72.8 Å². The van der Waals surface area contributed by atoms with E-state index in [0.717, 1.165) is 34.2 Å². The predicted octanol–water partition coefficient (Wildman–Crippen LogP) is 3.50. The van der Waals surface area contributed by atoms with Gasteiger partial charge in [0.1, 0.15) is 12.4 Å². The van der Waals surface area contributed by atoms with E-state index in [-0.39, 0.29) is 43.1 Å². The van der Waals surface area contributed by atoms with Crippen LogP contribution in [-0.4, -0.2) is 65.1 Å². The molecule has 10 nitrogen and oxygen atoms in total. The highest BCUT2D eigenvalue weighted by Crippen LogP contribution is 2.33. The Kier molecular flexibility index (Phi) is 9.39. The van der Waals surface area contributed by atoms with E-state index in [2.05, 4.69) is 20.9 Å². The van der Waals surface area contributed by atoms with Crippen LogP contribution in [0, 0.1) is 5.41 Å². The van der Waals surface area contributed by atoms with Crippen LogP contribution in [-0.2, 0) is 45.1 Å². The number of nitrogens with one attached hydrogen (secondary N) is 3. The minimum atomic E-state index is -0.802. The number of carbonyl (C=O) groups excluding carboxylic acids is 4. The topological polar surface area (TPSA) is 124 Å². The van der Waals surface area contributed by atoms with E-state index in [9.17, 15) is 19.2 Å². The van der Waals surface area contributed by atoms with Gasteiger partial charge in [-0.1, -0.05) is 36.4 Å². The summed E-state index contributed by atoms with van der Waals surface area (Å²) in [5.74, 6) is -0.150. The molecule has 3 heterocycles. The van der Waals surface area contributed by atoms with Gasteiger partial charge < -0.3 is 25.8 Å². The first kappa shape index (κ1) is 30.9. The van der Waals surface area contributed by atoms with E-state index < -0.39 is 5.41 Å². The van der Waals surface area contributed by atoms with Crippen LogP contribution < -0.4 is 16.0 Å². The first-order chi connectivity index (χ1) is 21.1. The van der Waals surface area contributed by atoms with E-state index in [0.29, 0.717) is 44.0 Å². The molecule has 1 saturated heterocycles. The van der Waals surface area contributed by atoms with E-state index in [1.165, 1.54) is 6.92 Å². The average Bonchev–Trinajstić information content (AvgIpc) is 2.99. The van der Waals surface area contributed by atoms with Gasteiger partial charge in [0.05, 0.1) is 11.8 Å². The van der Waals surface area contributed by atoms with Gasteiger partial charge in [-0.3, -0.25) is 19.2 Å². The Balaban J connectivity index is 1.37. The first-order valence-corrected chi connectivity index (χ1v) is 15.1. The van der Waals surface area contributed by atoms with Gasteiger partial charge in [0.2, 0.25) is 23.6 Å². The summed E-state index contributed by atoms with van der Waals surface area (Å²) in [7, 11) is 1.87. The maximum Gasteiger partial charge on any atom is 0.244 e. The van der Waals surface area contributed by atoms with Gasteiger partial charge in [0.25, 0.3) is 0 Å². The number of amides is 4. The lowest BCUT2D eigenvalue weighted by atomic mass is 9.80. The second-order valence-electron chi connectivity index (χ2n) is 12.0. The van der Waals surface area contributed by atoms with Crippen LogP contribution in [0.25, 0.3) is 0 Å². The molecular weight excluding hydrogens is 556 g/mol. The van der Waals surface area contributed by atoms with Crippen molar-refractivity contribution in [2.24, 2.45) is 5.41 Å². The van der Waals surface area contributed by atoms with E-state index in [4.69, 9.17) is 0 Å². The molecule has 0 bridgehead atoms. The number of likely N-dealkylation sites (tertiary alicyclic amines) is 1. The zero-order valence-electron chi connectivity index (χ0n) is 25.6. The number of piperidine rings is 1. The van der Waals surface area contributed by atoms with Crippen molar-refractivity contribution in [3.63, 3.8) is 0 Å². The highest BCUT2D eigenvalue weighted by molar-refractivity contribution is 5.96. The molecule has 1 unspecified atom stereocenters. The van der Waals surface area contributed by atoms with Gasteiger partial charge in [0, 0.05) is 51.4 Å². The molecule has 0 saturated carbocycles. The molecule has 10 heteroatoms. The fourth-order valence-electron chi connectivity index (χ4n) is 6.21. The van der Waals surface area contributed by atoms with Crippen molar-refractivity contribution in [1.82, 2.24) is 20.1 Å². The molecule has 0 spiro atoms. The average molecular weight is 597 g/mol. The lowest BCUT2D eigenvalue weighted by Crippen LogP contribution is -2.53. The number of pyridine rings is 1. The Bertz CT molecular complexity index is 1570. The molecule has 3 N–H and O–H groups in total. The third kappa shape index (κ3) is 7.14. The highest BCUT2D eigenvalue weighted by Gasteiger charge is 2.41. The van der Waals surface area contributed by atoms with Crippen molar-refractivity contribution in [2.75, 3.05) is 37.3 Å². The number of rotatable bonds is 8. The van der Waals surface area contributed by atoms with Crippen LogP contribution in [0.15, 0.2) is 60.8 Å². The molecule has 0 aliphatic carbocycles. The molecule has 1 atom stereocenters. The Hall–Kier alpha value is -4.57. The molecule has 0 radical (unpaired) electrons. The summed E-state index contributed by atoms with van der Waals surface area (Å²) >= 11 is 0. The molecule has 2 aliphatic heterocycles. The Labute approximate surface area is 258 Å². The van der Waals surface area contributed by atoms with E-state index in [1.54, 1.807) is 16.0 Å². The third-order valence-corrected chi connectivity index (χ3v) is 8.50. The molecule has 5 rings (SSSR count). The SMILES string of the molecule is CNCc1ccccc1CN(CC(=O)Nc1ccc2c(c1)CC(=O)Nc1ncccc1C2)C(=O)C1(C)CCCN(C(C)=O)C1. The van der Waals surface area contributed by atoms with Crippen LogP contribution in [0.4, 0.5) is 11.5 Å². The predicted molar refractivity (Wildman–Crippen MR) is 169 cm³/mol. The number of nitrogens with zero attached hydrogens (tertiary/aromatic N) is 3. The van der Waals surface area contributed by atoms with Gasteiger partial charge in [0.15, 0.2) is 0 Å². The minimum Gasteiger partial charge on any atom is -0.342 e. The monoisotopic (exact) mass is 596 g/mol. The van der Waals surface area contributed by atoms with Crippen molar-refractivity contribution in [1.29, 1.82) is 0 Å². The Morgan fingerprint density at radius 1 is 1.02 bits per heavy atom. The quantitative estimate of drug-likeness (QED) is 0.366. The summed E-state index contributed by atoms with van der Waals surface area (Å²) < 4.78 is 0. The van der Waals surface area contributed by atoms with Crippen LogP contribution in [0.3, 0.4) is 0 Å². The standard InChI is InChI=1S/C34H40N6O4/c1-23(41)39-15-7-13-34(2,22-39)33(44)40(20-27-9-5-4-8-26(27)19-35-3)21-31(43)37-29-12-11-24-16-25-10-6-14-36-32(25)38-30(42)18-28(24)17-29/h4-6,8-12,14,17,35H,7,13,15-16,18-22H2,1-3H3,(H,37,43)(H,36,38,42). The molecule has 1 aromatic heterocycles. The van der Waals surface area contributed by atoms with Crippen molar-refractivity contribution < 1.29 is 19.2 Å². The molecule has 2 aliphatic rings. The van der Waals surface area contributed by atoms with Crippen molar-refractivity contribution in [3.8, 4) is 0 Å². The number of benzene rings is 2. The number of anilines is 2. The number of hydrogen-bond donors (Lipinski definition) is 3. The number of hydrogen-bond acceptors (Lipinski definition) is 6. The smallest absolute Gasteiger partial charge is 0.244 e. The summed E-state index contributed by atoms with van der Waals surface area (Å²) in [6.45, 7) is 5.10. The van der Waals surface area contributed by atoms with Crippen LogP contribution in [0.5, 0.6) is 0 Å². The van der Waals surface area contributed by atoms with Gasteiger partial charge in [-0.25, -0.2) is 4.98 Å². The van der Waals surface area contributed by atoms with Crippen molar-refractivity contribution in [2.45, 2.75) is 52.6 Å². The summed E-state index contributed by atoms with van der Waals surface area (Å²) in [6.07, 6.45) is 3.78. The summed E-state index contributed by atoms with van der Waals surface area (Å²) in [5.41, 5.74) is 4.49. The normalized spacial score (nSPS) is 17.8. The molecule has 1 fully saturated rings. The Morgan fingerprint density at radius 3 is 2.59 bits per heavy atom. The molecule has 230 valence electrons. The molecular formula is C34H40N6O4. The van der Waals surface area contributed by atoms with Crippen molar-refractivity contribution >= 4 is 35.1 Å². The zero-order chi connectivity index (χ0) is 31.3. The highest BCUT2D eigenvalue weighted by atomic mass is 16.2. The van der Waals surface area contributed by atoms with Gasteiger partial charge in [-0.2, -0.15) is 0 Å². The lowest BCUT2D eigenvalue weighted by molar-refractivity contribution is -0.149. The molecule has 44 heavy (non-hydrogen) atoms. The van der Waals surface area contributed by atoms with Crippen molar-refractivity contribution in [3.05, 3.63) is 88.6 Å². The first-order valence-electron chi connectivity index (χ1n) is 15.1. The largest absolute Gasteiger partial charge is 0.342 e. The van der Waals surface area contributed by atoms with E-state index in [1.807, 2.05) is 68.6 Å². The molecule has 3 aromatic rings. The number of carbonyl (C=O) groups is 4. The van der Waals surface area contributed by atoms with Crippen LogP contribution in [0.1, 0.15) is 54.5 Å². The maximum absolute atomic E-state index is 14.2. The van der Waals surface area contributed by atoms with Gasteiger partial charge in [-0.15, -0.1) is 0 Å². The Morgan fingerprint density at radius 2 is 1.82 bits per heavy atom. The van der Waals surface area contributed by atoms with E-state index >= 15 is 0 Å². The minimum absolute atomic E-state index is 0.0558. The van der Waals surface area contributed by atoms with Gasteiger partial charge >= 0.3 is 0 Å². The molecule has 2 aromatic carbocycles. The maximum atomic E-state index is 14.2. The second-order valence-corrected chi connectivity index (χ2v) is 12.0. The fourth-order valence-corrected chi connectivity index (χ4v) is 6.21. The fraction of sp³-hybridized carbons (Fsp3) is 0.382. The number of aromatic nitrogens is 1. The second kappa shape index (κ2) is 13.4. The summed E-state index contributed by atoms with van der Waals surface area (Å²) in [4.78, 5) is 60.2. The zero-order valence-corrected chi connectivity index (χ0v) is 25.6. The van der Waals surface area contributed by atoms with Crippen LogP contribution in [0.2, 0.25) is 0 Å². The number of fused-ring (bicyclic) bond motifs is 2. The third-order valence-electron chi connectivity index (χ3n) is 8.50.